The second kappa shape index (κ2) is 7.40. The smallest absolute Gasteiger partial charge is 0.257 e. The lowest BCUT2D eigenvalue weighted by Crippen LogP contribution is -2.18. The van der Waals surface area contributed by atoms with Crippen molar-refractivity contribution in [3.8, 4) is 0 Å². The van der Waals surface area contributed by atoms with Gasteiger partial charge in [0.1, 0.15) is 5.82 Å². The molecule has 2 aromatic carbocycles. The predicted octanol–water partition coefficient (Wildman–Crippen LogP) is 4.13. The van der Waals surface area contributed by atoms with E-state index in [4.69, 9.17) is 4.74 Å². The van der Waals surface area contributed by atoms with Crippen molar-refractivity contribution in [1.29, 1.82) is 0 Å². The largest absolute Gasteiger partial charge is 0.380 e. The zero-order valence-corrected chi connectivity index (χ0v) is 15.1. The number of hydrogen-bond donors (Lipinski definition) is 3. The van der Waals surface area contributed by atoms with Crippen LogP contribution in [0.3, 0.4) is 0 Å². The van der Waals surface area contributed by atoms with Crippen LogP contribution in [-0.4, -0.2) is 25.2 Å². The molecule has 0 radical (unpaired) electrons. The van der Waals surface area contributed by atoms with Gasteiger partial charge < -0.3 is 20.7 Å². The Morgan fingerprint density at radius 1 is 1.33 bits per heavy atom. The molecule has 27 heavy (non-hydrogen) atoms. The highest BCUT2D eigenvalue weighted by atomic mass is 19.1. The van der Waals surface area contributed by atoms with Crippen molar-refractivity contribution in [2.24, 2.45) is 0 Å². The Morgan fingerprint density at radius 2 is 2.22 bits per heavy atom. The third-order valence-electron chi connectivity index (χ3n) is 4.93. The third kappa shape index (κ3) is 3.66. The Kier molecular flexibility index (Phi) is 4.81. The fourth-order valence-corrected chi connectivity index (χ4v) is 3.50. The van der Waals surface area contributed by atoms with Gasteiger partial charge >= 0.3 is 0 Å². The summed E-state index contributed by atoms with van der Waals surface area (Å²) in [6, 6.07) is 10.6. The number of halogens is 1. The number of fused-ring (bicyclic) bond motifs is 1. The van der Waals surface area contributed by atoms with E-state index >= 15 is 0 Å². The maximum Gasteiger partial charge on any atom is 0.257 e. The lowest BCUT2D eigenvalue weighted by atomic mass is 10.0. The SMILES string of the molecule is Cc1cccc2c1C(=CNc1ccc(NCC3CCCO3)c(F)c1)C(=O)N2. The van der Waals surface area contributed by atoms with Crippen LogP contribution < -0.4 is 16.0 Å². The van der Waals surface area contributed by atoms with Crippen LogP contribution in [0, 0.1) is 12.7 Å². The average Bonchev–Trinajstić information content (AvgIpc) is 3.27. The Balaban J connectivity index is 1.46. The summed E-state index contributed by atoms with van der Waals surface area (Å²) in [5.74, 6) is -0.508. The van der Waals surface area contributed by atoms with E-state index in [0.717, 1.165) is 36.3 Å². The normalized spacial score (nSPS) is 19.9. The van der Waals surface area contributed by atoms with Crippen molar-refractivity contribution in [3.63, 3.8) is 0 Å². The highest BCUT2D eigenvalue weighted by Crippen LogP contribution is 2.34. The molecule has 3 N–H and O–H groups in total. The Hall–Kier alpha value is -2.86. The molecule has 0 spiro atoms. The van der Waals surface area contributed by atoms with Crippen LogP contribution in [0.1, 0.15) is 24.0 Å². The van der Waals surface area contributed by atoms with Gasteiger partial charge in [-0.2, -0.15) is 0 Å². The molecule has 2 aliphatic rings. The monoisotopic (exact) mass is 367 g/mol. The topological polar surface area (TPSA) is 62.4 Å². The van der Waals surface area contributed by atoms with Gasteiger partial charge in [-0.3, -0.25) is 4.79 Å². The first-order valence-electron chi connectivity index (χ1n) is 9.15. The Labute approximate surface area is 157 Å². The van der Waals surface area contributed by atoms with Crippen molar-refractivity contribution >= 4 is 28.5 Å². The number of nitrogens with one attached hydrogen (secondary N) is 3. The minimum absolute atomic E-state index is 0.149. The maximum absolute atomic E-state index is 14.4. The molecule has 2 aromatic rings. The number of aryl methyl sites for hydroxylation is 1. The van der Waals surface area contributed by atoms with E-state index in [9.17, 15) is 9.18 Å². The molecule has 0 aromatic heterocycles. The molecule has 5 nitrogen and oxygen atoms in total. The van der Waals surface area contributed by atoms with Crippen LogP contribution in [0.15, 0.2) is 42.6 Å². The van der Waals surface area contributed by atoms with Crippen LogP contribution >= 0.6 is 0 Å². The second-order valence-electron chi connectivity index (χ2n) is 6.86. The molecule has 2 aliphatic heterocycles. The summed E-state index contributed by atoms with van der Waals surface area (Å²) in [4.78, 5) is 12.2. The van der Waals surface area contributed by atoms with Crippen molar-refractivity contribution in [1.82, 2.24) is 0 Å². The molecular weight excluding hydrogens is 345 g/mol. The zero-order chi connectivity index (χ0) is 18.8. The number of anilines is 3. The summed E-state index contributed by atoms with van der Waals surface area (Å²) in [5.41, 5.74) is 4.27. The van der Waals surface area contributed by atoms with Gasteiger partial charge in [-0.25, -0.2) is 4.39 Å². The maximum atomic E-state index is 14.4. The van der Waals surface area contributed by atoms with E-state index < -0.39 is 0 Å². The highest BCUT2D eigenvalue weighted by Gasteiger charge is 2.25. The Bertz CT molecular complexity index is 904. The molecule has 0 saturated carbocycles. The molecule has 1 saturated heterocycles. The highest BCUT2D eigenvalue weighted by molar-refractivity contribution is 6.32. The summed E-state index contributed by atoms with van der Waals surface area (Å²) >= 11 is 0. The van der Waals surface area contributed by atoms with Gasteiger partial charge in [-0.15, -0.1) is 0 Å². The van der Waals surface area contributed by atoms with Crippen molar-refractivity contribution in [3.05, 3.63) is 59.5 Å². The molecular formula is C21H22FN3O2. The summed E-state index contributed by atoms with van der Waals surface area (Å²) in [5, 5.41) is 8.98. The summed E-state index contributed by atoms with van der Waals surface area (Å²) in [7, 11) is 0. The zero-order valence-electron chi connectivity index (χ0n) is 15.1. The molecule has 0 bridgehead atoms. The minimum atomic E-state index is -0.344. The summed E-state index contributed by atoms with van der Waals surface area (Å²) in [6.07, 6.45) is 3.84. The van der Waals surface area contributed by atoms with E-state index in [1.807, 2.05) is 25.1 Å². The van der Waals surface area contributed by atoms with Crippen molar-refractivity contribution in [2.45, 2.75) is 25.9 Å². The molecule has 1 fully saturated rings. The van der Waals surface area contributed by atoms with E-state index in [2.05, 4.69) is 16.0 Å². The van der Waals surface area contributed by atoms with Crippen molar-refractivity contribution < 1.29 is 13.9 Å². The molecule has 1 atom stereocenters. The molecule has 1 amide bonds. The lowest BCUT2D eigenvalue weighted by molar-refractivity contribution is -0.110. The standard InChI is InChI=1S/C21H22FN3O2/c1-13-4-2-6-19-20(13)16(21(26)25-19)12-23-14-7-8-18(17(22)10-14)24-11-15-5-3-9-27-15/h2,4,6-8,10,12,15,23-24H,3,5,9,11H2,1H3,(H,25,26). The van der Waals surface area contributed by atoms with E-state index in [0.29, 0.717) is 23.5 Å². The quantitative estimate of drug-likeness (QED) is 0.696. The van der Waals surface area contributed by atoms with Crippen LogP contribution in [0.5, 0.6) is 0 Å². The summed E-state index contributed by atoms with van der Waals surface area (Å²) < 4.78 is 19.9. The lowest BCUT2D eigenvalue weighted by Gasteiger charge is -2.13. The van der Waals surface area contributed by atoms with Gasteiger partial charge in [0.15, 0.2) is 0 Å². The van der Waals surface area contributed by atoms with Gasteiger partial charge in [0, 0.05) is 36.3 Å². The number of carbonyl (C=O) groups is 1. The second-order valence-corrected chi connectivity index (χ2v) is 6.86. The van der Waals surface area contributed by atoms with Crippen LogP contribution in [0.25, 0.3) is 5.57 Å². The van der Waals surface area contributed by atoms with Crippen molar-refractivity contribution in [2.75, 3.05) is 29.1 Å². The number of amides is 1. The predicted molar refractivity (Wildman–Crippen MR) is 105 cm³/mol. The first-order valence-corrected chi connectivity index (χ1v) is 9.15. The first kappa shape index (κ1) is 17.5. The van der Waals surface area contributed by atoms with Gasteiger partial charge in [-0.1, -0.05) is 12.1 Å². The molecule has 140 valence electrons. The molecule has 0 aliphatic carbocycles. The minimum Gasteiger partial charge on any atom is -0.380 e. The third-order valence-corrected chi connectivity index (χ3v) is 4.93. The van der Waals surface area contributed by atoms with E-state index in [1.54, 1.807) is 18.3 Å². The average molecular weight is 367 g/mol. The molecule has 6 heteroatoms. The van der Waals surface area contributed by atoms with Crippen LogP contribution in [0.4, 0.5) is 21.5 Å². The number of carbonyl (C=O) groups excluding carboxylic acids is 1. The van der Waals surface area contributed by atoms with Crippen LogP contribution in [0.2, 0.25) is 0 Å². The van der Waals surface area contributed by atoms with Crippen LogP contribution in [-0.2, 0) is 9.53 Å². The fraction of sp³-hybridized carbons (Fsp3) is 0.286. The number of ether oxygens (including phenoxy) is 1. The molecule has 1 unspecified atom stereocenters. The fourth-order valence-electron chi connectivity index (χ4n) is 3.50. The summed E-state index contributed by atoms with van der Waals surface area (Å²) in [6.45, 7) is 3.34. The van der Waals surface area contributed by atoms with Gasteiger partial charge in [0.25, 0.3) is 5.91 Å². The Morgan fingerprint density at radius 3 is 3.00 bits per heavy atom. The van der Waals surface area contributed by atoms with Gasteiger partial charge in [0.2, 0.25) is 0 Å². The van der Waals surface area contributed by atoms with E-state index in [1.165, 1.54) is 6.07 Å². The molecule has 4 rings (SSSR count). The number of hydrogen-bond acceptors (Lipinski definition) is 4. The number of rotatable bonds is 5. The van der Waals surface area contributed by atoms with Gasteiger partial charge in [0.05, 0.1) is 17.4 Å². The van der Waals surface area contributed by atoms with Gasteiger partial charge in [-0.05, 0) is 49.6 Å². The molecule has 2 heterocycles. The number of benzene rings is 2. The van der Waals surface area contributed by atoms with E-state index in [-0.39, 0.29) is 17.8 Å². The first-order chi connectivity index (χ1) is 13.1.